The Kier molecular flexibility index (Phi) is 6.31. The van der Waals surface area contributed by atoms with Gasteiger partial charge in [-0.1, -0.05) is 12.1 Å². The average Bonchev–Trinajstić information content (AvgIpc) is 2.67. The summed E-state index contributed by atoms with van der Waals surface area (Å²) < 4.78 is 0. The van der Waals surface area contributed by atoms with Crippen molar-refractivity contribution in [1.29, 1.82) is 0 Å². The predicted molar refractivity (Wildman–Crippen MR) is 114 cm³/mol. The molecule has 0 spiro atoms. The second-order valence-corrected chi connectivity index (χ2v) is 7.33. The van der Waals surface area contributed by atoms with Crippen LogP contribution in [0.2, 0.25) is 0 Å². The van der Waals surface area contributed by atoms with Crippen LogP contribution in [0.4, 0.5) is 17.1 Å². The highest BCUT2D eigenvalue weighted by atomic mass is 16.2. The van der Waals surface area contributed by atoms with Crippen LogP contribution >= 0.6 is 0 Å². The van der Waals surface area contributed by atoms with Crippen molar-refractivity contribution in [3.63, 3.8) is 0 Å². The van der Waals surface area contributed by atoms with Crippen LogP contribution in [-0.4, -0.2) is 56.5 Å². The van der Waals surface area contributed by atoms with E-state index in [4.69, 9.17) is 0 Å². The van der Waals surface area contributed by atoms with Crippen LogP contribution in [0.3, 0.4) is 0 Å². The van der Waals surface area contributed by atoms with Gasteiger partial charge in [-0.05, 0) is 55.9 Å². The Hall–Kier alpha value is -2.86. The SMILES string of the molecule is CC(=O)N(CC(=O)Nc1ccc(N2CCN(C)CC2)cc1)c1cccc(C)c1. The van der Waals surface area contributed by atoms with Crippen molar-refractivity contribution in [1.82, 2.24) is 4.90 Å². The second-order valence-electron chi connectivity index (χ2n) is 7.33. The molecular weight excluding hydrogens is 352 g/mol. The molecule has 0 saturated carbocycles. The van der Waals surface area contributed by atoms with Crippen molar-refractivity contribution in [3.8, 4) is 0 Å². The highest BCUT2D eigenvalue weighted by Gasteiger charge is 2.17. The number of carbonyl (C=O) groups is 2. The maximum atomic E-state index is 12.5. The van der Waals surface area contributed by atoms with Gasteiger partial charge in [-0.15, -0.1) is 0 Å². The van der Waals surface area contributed by atoms with Gasteiger partial charge in [-0.25, -0.2) is 0 Å². The van der Waals surface area contributed by atoms with E-state index in [1.165, 1.54) is 11.8 Å². The molecule has 0 unspecified atom stereocenters. The molecule has 148 valence electrons. The first-order chi connectivity index (χ1) is 13.4. The van der Waals surface area contributed by atoms with Crippen molar-refractivity contribution in [2.45, 2.75) is 13.8 Å². The minimum Gasteiger partial charge on any atom is -0.369 e. The van der Waals surface area contributed by atoms with Crippen LogP contribution in [0.1, 0.15) is 12.5 Å². The fourth-order valence-corrected chi connectivity index (χ4v) is 3.34. The Labute approximate surface area is 166 Å². The monoisotopic (exact) mass is 380 g/mol. The molecule has 1 aliphatic heterocycles. The number of rotatable bonds is 5. The van der Waals surface area contributed by atoms with E-state index in [-0.39, 0.29) is 18.4 Å². The molecule has 1 N–H and O–H groups in total. The molecular formula is C22H28N4O2. The summed E-state index contributed by atoms with van der Waals surface area (Å²) in [5.41, 5.74) is 3.67. The molecule has 1 saturated heterocycles. The highest BCUT2D eigenvalue weighted by molar-refractivity contribution is 6.01. The number of likely N-dealkylation sites (N-methyl/N-ethyl adjacent to an activating group) is 1. The van der Waals surface area contributed by atoms with E-state index in [0.29, 0.717) is 0 Å². The average molecular weight is 380 g/mol. The van der Waals surface area contributed by atoms with Gasteiger partial charge in [-0.3, -0.25) is 9.59 Å². The highest BCUT2D eigenvalue weighted by Crippen LogP contribution is 2.20. The molecule has 0 atom stereocenters. The smallest absolute Gasteiger partial charge is 0.244 e. The second kappa shape index (κ2) is 8.89. The zero-order valence-corrected chi connectivity index (χ0v) is 16.8. The van der Waals surface area contributed by atoms with E-state index >= 15 is 0 Å². The molecule has 1 heterocycles. The number of hydrogen-bond donors (Lipinski definition) is 1. The number of nitrogens with one attached hydrogen (secondary N) is 1. The number of benzene rings is 2. The number of amides is 2. The van der Waals surface area contributed by atoms with E-state index in [9.17, 15) is 9.59 Å². The van der Waals surface area contributed by atoms with Gasteiger partial charge in [0.1, 0.15) is 6.54 Å². The van der Waals surface area contributed by atoms with Crippen LogP contribution in [-0.2, 0) is 9.59 Å². The number of nitrogens with zero attached hydrogens (tertiary/aromatic N) is 3. The van der Waals surface area contributed by atoms with E-state index in [1.807, 2.05) is 55.5 Å². The van der Waals surface area contributed by atoms with Gasteiger partial charge in [0.25, 0.3) is 0 Å². The molecule has 0 bridgehead atoms. The molecule has 2 aromatic carbocycles. The van der Waals surface area contributed by atoms with Crippen molar-refractivity contribution in [3.05, 3.63) is 54.1 Å². The minimum atomic E-state index is -0.218. The zero-order valence-electron chi connectivity index (χ0n) is 16.8. The Bertz CT molecular complexity index is 827. The molecule has 2 aromatic rings. The Morgan fingerprint density at radius 2 is 1.71 bits per heavy atom. The molecule has 6 nitrogen and oxygen atoms in total. The fourth-order valence-electron chi connectivity index (χ4n) is 3.34. The third-order valence-electron chi connectivity index (χ3n) is 5.01. The summed E-state index contributed by atoms with van der Waals surface area (Å²) in [4.78, 5) is 30.7. The predicted octanol–water partition coefficient (Wildman–Crippen LogP) is 2.74. The van der Waals surface area contributed by atoms with Crippen molar-refractivity contribution >= 4 is 28.9 Å². The zero-order chi connectivity index (χ0) is 20.1. The number of anilines is 3. The summed E-state index contributed by atoms with van der Waals surface area (Å²) in [7, 11) is 2.14. The number of aryl methyl sites for hydroxylation is 1. The number of piperazine rings is 1. The molecule has 6 heteroatoms. The summed E-state index contributed by atoms with van der Waals surface area (Å²) in [6.07, 6.45) is 0. The van der Waals surface area contributed by atoms with Gasteiger partial charge in [0.05, 0.1) is 0 Å². The van der Waals surface area contributed by atoms with Crippen LogP contribution in [0.15, 0.2) is 48.5 Å². The molecule has 3 rings (SSSR count). The van der Waals surface area contributed by atoms with Gasteiger partial charge >= 0.3 is 0 Å². The van der Waals surface area contributed by atoms with E-state index in [2.05, 4.69) is 22.2 Å². The summed E-state index contributed by atoms with van der Waals surface area (Å²) in [5, 5.41) is 2.89. The number of hydrogen-bond acceptors (Lipinski definition) is 4. The fraction of sp³-hybridized carbons (Fsp3) is 0.364. The van der Waals surface area contributed by atoms with Crippen molar-refractivity contribution in [2.75, 3.05) is 54.9 Å². The largest absolute Gasteiger partial charge is 0.369 e. The van der Waals surface area contributed by atoms with Gasteiger partial charge in [0.15, 0.2) is 0 Å². The first kappa shape index (κ1) is 19.9. The maximum absolute atomic E-state index is 12.5. The van der Waals surface area contributed by atoms with Crippen LogP contribution in [0.25, 0.3) is 0 Å². The summed E-state index contributed by atoms with van der Waals surface area (Å²) >= 11 is 0. The van der Waals surface area contributed by atoms with Crippen LogP contribution < -0.4 is 15.1 Å². The van der Waals surface area contributed by atoms with E-state index in [1.54, 1.807) is 0 Å². The van der Waals surface area contributed by atoms with Crippen molar-refractivity contribution in [2.24, 2.45) is 0 Å². The quantitative estimate of drug-likeness (QED) is 0.867. The van der Waals surface area contributed by atoms with Gasteiger partial charge < -0.3 is 20.0 Å². The van der Waals surface area contributed by atoms with Crippen LogP contribution in [0.5, 0.6) is 0 Å². The Morgan fingerprint density at radius 3 is 2.32 bits per heavy atom. The Morgan fingerprint density at radius 1 is 1.04 bits per heavy atom. The lowest BCUT2D eigenvalue weighted by Crippen LogP contribution is -2.44. The molecule has 1 aliphatic rings. The summed E-state index contributed by atoms with van der Waals surface area (Å²) in [5.74, 6) is -0.379. The third kappa shape index (κ3) is 5.10. The van der Waals surface area contributed by atoms with Crippen LogP contribution in [0, 0.1) is 6.92 Å². The molecule has 1 fully saturated rings. The molecule has 28 heavy (non-hydrogen) atoms. The molecule has 2 amide bonds. The maximum Gasteiger partial charge on any atom is 0.244 e. The van der Waals surface area contributed by atoms with Gasteiger partial charge in [0.2, 0.25) is 11.8 Å². The van der Waals surface area contributed by atoms with E-state index in [0.717, 1.165) is 48.8 Å². The number of carbonyl (C=O) groups excluding carboxylic acids is 2. The minimum absolute atomic E-state index is 0.0149. The lowest BCUT2D eigenvalue weighted by molar-refractivity contribution is -0.120. The van der Waals surface area contributed by atoms with Gasteiger partial charge in [0, 0.05) is 50.2 Å². The topological polar surface area (TPSA) is 55.9 Å². The lowest BCUT2D eigenvalue weighted by Gasteiger charge is -2.34. The Balaban J connectivity index is 1.61. The molecule has 0 radical (unpaired) electrons. The normalized spacial score (nSPS) is 14.6. The molecule has 0 aromatic heterocycles. The summed E-state index contributed by atoms with van der Waals surface area (Å²) in [6.45, 7) is 7.54. The third-order valence-corrected chi connectivity index (χ3v) is 5.01. The first-order valence-electron chi connectivity index (χ1n) is 9.60. The van der Waals surface area contributed by atoms with Gasteiger partial charge in [-0.2, -0.15) is 0 Å². The van der Waals surface area contributed by atoms with Crippen molar-refractivity contribution < 1.29 is 9.59 Å². The summed E-state index contributed by atoms with van der Waals surface area (Å²) in [6, 6.07) is 15.5. The lowest BCUT2D eigenvalue weighted by atomic mass is 10.2. The standard InChI is InChI=1S/C22H28N4O2/c1-17-5-4-6-21(15-17)26(18(2)27)16-22(28)23-19-7-9-20(10-8-19)25-13-11-24(3)12-14-25/h4-10,15H,11-14,16H2,1-3H3,(H,23,28). The first-order valence-corrected chi connectivity index (χ1v) is 9.60. The van der Waals surface area contributed by atoms with E-state index < -0.39 is 0 Å². The molecule has 0 aliphatic carbocycles.